The Kier molecular flexibility index (Phi) is 6.20. The van der Waals surface area contributed by atoms with Gasteiger partial charge in [-0.05, 0) is 50.0 Å². The molecule has 1 unspecified atom stereocenters. The van der Waals surface area contributed by atoms with Gasteiger partial charge in [0.15, 0.2) is 0 Å². The first-order valence-electron chi connectivity index (χ1n) is 8.59. The quantitative estimate of drug-likeness (QED) is 0.707. The number of nitrogens with zero attached hydrogens (tertiary/aromatic N) is 3. The standard InChI is InChI=1S/C19H20N4O2.ClH/c1-2-4-16(5-3-1)24-17-9-7-15(13-21-17)19-22-18(25-23-19)8-6-14-10-11-20-12-14;/h1-5,7,9,13-14,20H,6,8,10-12H2;1H. The number of hydrogen-bond acceptors (Lipinski definition) is 6. The summed E-state index contributed by atoms with van der Waals surface area (Å²) in [7, 11) is 0. The van der Waals surface area contributed by atoms with Gasteiger partial charge in [-0.3, -0.25) is 0 Å². The zero-order valence-corrected chi connectivity index (χ0v) is 15.1. The second-order valence-corrected chi connectivity index (χ2v) is 6.21. The smallest absolute Gasteiger partial charge is 0.226 e. The van der Waals surface area contributed by atoms with Crippen LogP contribution in [-0.2, 0) is 6.42 Å². The van der Waals surface area contributed by atoms with E-state index in [9.17, 15) is 0 Å². The number of nitrogens with one attached hydrogen (secondary N) is 1. The molecule has 0 amide bonds. The average molecular weight is 373 g/mol. The minimum Gasteiger partial charge on any atom is -0.439 e. The monoisotopic (exact) mass is 372 g/mol. The fourth-order valence-corrected chi connectivity index (χ4v) is 2.94. The van der Waals surface area contributed by atoms with E-state index in [1.807, 2.05) is 42.5 Å². The minimum absolute atomic E-state index is 0. The largest absolute Gasteiger partial charge is 0.439 e. The highest BCUT2D eigenvalue weighted by molar-refractivity contribution is 5.85. The zero-order valence-electron chi connectivity index (χ0n) is 14.3. The summed E-state index contributed by atoms with van der Waals surface area (Å²) in [6.07, 6.45) is 4.83. The first kappa shape index (κ1) is 18.4. The summed E-state index contributed by atoms with van der Waals surface area (Å²) in [6.45, 7) is 2.20. The van der Waals surface area contributed by atoms with Crippen LogP contribution in [-0.4, -0.2) is 28.2 Å². The van der Waals surface area contributed by atoms with Gasteiger partial charge < -0.3 is 14.6 Å². The SMILES string of the molecule is Cl.c1ccc(Oc2ccc(-c3noc(CCC4CCNC4)n3)cn2)cc1. The van der Waals surface area contributed by atoms with Crippen molar-refractivity contribution in [3.8, 4) is 23.0 Å². The van der Waals surface area contributed by atoms with Crippen LogP contribution in [0.3, 0.4) is 0 Å². The molecule has 1 saturated heterocycles. The molecule has 1 aromatic carbocycles. The molecule has 7 heteroatoms. The predicted molar refractivity (Wildman–Crippen MR) is 101 cm³/mol. The van der Waals surface area contributed by atoms with E-state index in [1.54, 1.807) is 6.20 Å². The van der Waals surface area contributed by atoms with Crippen LogP contribution < -0.4 is 10.1 Å². The Bertz CT molecular complexity index is 802. The summed E-state index contributed by atoms with van der Waals surface area (Å²) in [5, 5.41) is 7.44. The van der Waals surface area contributed by atoms with Crippen molar-refractivity contribution in [2.45, 2.75) is 19.3 Å². The van der Waals surface area contributed by atoms with Crippen LogP contribution in [0.4, 0.5) is 0 Å². The maximum Gasteiger partial charge on any atom is 0.226 e. The summed E-state index contributed by atoms with van der Waals surface area (Å²) in [4.78, 5) is 8.79. The van der Waals surface area contributed by atoms with Gasteiger partial charge in [-0.25, -0.2) is 4.98 Å². The van der Waals surface area contributed by atoms with Gasteiger partial charge in [-0.2, -0.15) is 4.98 Å². The fourth-order valence-electron chi connectivity index (χ4n) is 2.94. The molecule has 0 saturated carbocycles. The van der Waals surface area contributed by atoms with Gasteiger partial charge in [-0.15, -0.1) is 12.4 Å². The Balaban J connectivity index is 0.00000196. The fraction of sp³-hybridized carbons (Fsp3) is 0.316. The van der Waals surface area contributed by atoms with E-state index in [1.165, 1.54) is 6.42 Å². The molecule has 3 heterocycles. The molecule has 1 atom stereocenters. The molecule has 0 radical (unpaired) electrons. The molecular weight excluding hydrogens is 352 g/mol. The van der Waals surface area contributed by atoms with E-state index >= 15 is 0 Å². The highest BCUT2D eigenvalue weighted by atomic mass is 35.5. The zero-order chi connectivity index (χ0) is 16.9. The summed E-state index contributed by atoms with van der Waals surface area (Å²) in [5.41, 5.74) is 0.818. The Labute approximate surface area is 158 Å². The number of aryl methyl sites for hydroxylation is 1. The van der Waals surface area contributed by atoms with Gasteiger partial charge in [-0.1, -0.05) is 23.4 Å². The van der Waals surface area contributed by atoms with Crippen LogP contribution in [0.5, 0.6) is 11.6 Å². The number of pyridine rings is 1. The van der Waals surface area contributed by atoms with Crippen molar-refractivity contribution < 1.29 is 9.26 Å². The number of hydrogen-bond donors (Lipinski definition) is 1. The molecule has 26 heavy (non-hydrogen) atoms. The Hall–Kier alpha value is -2.44. The molecule has 0 bridgehead atoms. The molecule has 6 nitrogen and oxygen atoms in total. The third-order valence-electron chi connectivity index (χ3n) is 4.36. The number of ether oxygens (including phenoxy) is 1. The molecule has 0 aliphatic carbocycles. The molecule has 136 valence electrons. The van der Waals surface area contributed by atoms with Gasteiger partial charge in [0.2, 0.25) is 17.6 Å². The van der Waals surface area contributed by atoms with Crippen molar-refractivity contribution in [3.63, 3.8) is 0 Å². The molecule has 3 aromatic rings. The van der Waals surface area contributed by atoms with Crippen LogP contribution in [0.1, 0.15) is 18.7 Å². The van der Waals surface area contributed by atoms with E-state index < -0.39 is 0 Å². The van der Waals surface area contributed by atoms with Gasteiger partial charge in [0.05, 0.1) is 0 Å². The summed E-state index contributed by atoms with van der Waals surface area (Å²) in [5.74, 6) is 3.26. The summed E-state index contributed by atoms with van der Waals surface area (Å²) < 4.78 is 11.1. The lowest BCUT2D eigenvalue weighted by atomic mass is 10.0. The maximum absolute atomic E-state index is 5.69. The van der Waals surface area contributed by atoms with Crippen molar-refractivity contribution in [3.05, 3.63) is 54.6 Å². The Morgan fingerprint density at radius 1 is 1.15 bits per heavy atom. The second kappa shape index (κ2) is 8.78. The number of halogens is 1. The molecule has 1 fully saturated rings. The Morgan fingerprint density at radius 2 is 2.04 bits per heavy atom. The van der Waals surface area contributed by atoms with Crippen molar-refractivity contribution in [1.82, 2.24) is 20.4 Å². The van der Waals surface area contributed by atoms with Crippen molar-refractivity contribution in [2.24, 2.45) is 5.92 Å². The number of rotatable bonds is 6. The molecular formula is C19H21ClN4O2. The van der Waals surface area contributed by atoms with Crippen LogP contribution in [0, 0.1) is 5.92 Å². The summed E-state index contributed by atoms with van der Waals surface area (Å²) >= 11 is 0. The predicted octanol–water partition coefficient (Wildman–Crippen LogP) is 3.89. The van der Waals surface area contributed by atoms with Crippen molar-refractivity contribution >= 4 is 12.4 Å². The van der Waals surface area contributed by atoms with E-state index in [-0.39, 0.29) is 12.4 Å². The normalized spacial score (nSPS) is 16.2. The molecule has 2 aromatic heterocycles. The van der Waals surface area contributed by atoms with Crippen molar-refractivity contribution in [1.29, 1.82) is 0 Å². The van der Waals surface area contributed by atoms with E-state index in [4.69, 9.17) is 9.26 Å². The highest BCUT2D eigenvalue weighted by Gasteiger charge is 2.16. The molecule has 4 rings (SSSR count). The molecule has 0 spiro atoms. The average Bonchev–Trinajstić information content (AvgIpc) is 3.33. The number of aromatic nitrogens is 3. The molecule has 1 aliphatic heterocycles. The minimum atomic E-state index is 0. The maximum atomic E-state index is 5.69. The lowest BCUT2D eigenvalue weighted by Gasteiger charge is -2.04. The van der Waals surface area contributed by atoms with E-state index in [0.717, 1.165) is 37.2 Å². The molecule has 1 N–H and O–H groups in total. The topological polar surface area (TPSA) is 73.1 Å². The lowest BCUT2D eigenvalue weighted by molar-refractivity contribution is 0.365. The number of benzene rings is 1. The van der Waals surface area contributed by atoms with Crippen LogP contribution >= 0.6 is 12.4 Å². The molecule has 1 aliphatic rings. The van der Waals surface area contributed by atoms with Gasteiger partial charge in [0, 0.05) is 24.2 Å². The van der Waals surface area contributed by atoms with Gasteiger partial charge in [0.1, 0.15) is 5.75 Å². The van der Waals surface area contributed by atoms with Gasteiger partial charge >= 0.3 is 0 Å². The third kappa shape index (κ3) is 4.59. The second-order valence-electron chi connectivity index (χ2n) is 6.21. The number of para-hydroxylation sites is 1. The highest BCUT2D eigenvalue weighted by Crippen LogP contribution is 2.22. The first-order valence-corrected chi connectivity index (χ1v) is 8.59. The first-order chi connectivity index (χ1) is 12.4. The Morgan fingerprint density at radius 3 is 2.77 bits per heavy atom. The van der Waals surface area contributed by atoms with E-state index in [2.05, 4.69) is 20.4 Å². The van der Waals surface area contributed by atoms with Crippen LogP contribution in [0.15, 0.2) is 53.2 Å². The summed E-state index contributed by atoms with van der Waals surface area (Å²) in [6, 6.07) is 13.3. The van der Waals surface area contributed by atoms with Crippen LogP contribution in [0.25, 0.3) is 11.4 Å². The lowest BCUT2D eigenvalue weighted by Crippen LogP contribution is -2.09. The van der Waals surface area contributed by atoms with Gasteiger partial charge in [0.25, 0.3) is 0 Å². The van der Waals surface area contributed by atoms with Crippen LogP contribution in [0.2, 0.25) is 0 Å². The van der Waals surface area contributed by atoms with E-state index in [0.29, 0.717) is 23.5 Å². The van der Waals surface area contributed by atoms with Crippen molar-refractivity contribution in [2.75, 3.05) is 13.1 Å². The third-order valence-corrected chi connectivity index (χ3v) is 4.36.